The van der Waals surface area contributed by atoms with Crippen LogP contribution in [0, 0.1) is 11.8 Å². The monoisotopic (exact) mass is 273 g/mol. The van der Waals surface area contributed by atoms with Crippen LogP contribution in [0.25, 0.3) is 0 Å². The third-order valence-corrected chi connectivity index (χ3v) is 4.11. The zero-order chi connectivity index (χ0) is 14.4. The van der Waals surface area contributed by atoms with Gasteiger partial charge in [0.1, 0.15) is 0 Å². The Labute approximate surface area is 116 Å². The lowest BCUT2D eigenvalue weighted by Crippen LogP contribution is -2.34. The maximum Gasteiger partial charge on any atom is 0.335 e. The molecule has 2 amide bonds. The number of hydrogen-bond acceptors (Lipinski definition) is 3. The minimum absolute atomic E-state index is 0.0296. The number of fused-ring (bicyclic) bond motifs is 1. The molecule has 0 saturated heterocycles. The van der Waals surface area contributed by atoms with Crippen LogP contribution in [0.5, 0.6) is 0 Å². The summed E-state index contributed by atoms with van der Waals surface area (Å²) in [4.78, 5) is 36.7. The number of amides is 2. The van der Waals surface area contributed by atoms with E-state index in [4.69, 9.17) is 5.11 Å². The number of rotatable bonds is 4. The second-order valence-corrected chi connectivity index (χ2v) is 5.60. The number of benzene rings is 1. The number of nitrogens with zero attached hydrogens (tertiary/aromatic N) is 1. The van der Waals surface area contributed by atoms with Gasteiger partial charge >= 0.3 is 5.97 Å². The Morgan fingerprint density at radius 2 is 1.95 bits per heavy atom. The first-order chi connectivity index (χ1) is 9.49. The van der Waals surface area contributed by atoms with Crippen LogP contribution in [0.3, 0.4) is 0 Å². The van der Waals surface area contributed by atoms with Gasteiger partial charge in [0.15, 0.2) is 0 Å². The van der Waals surface area contributed by atoms with E-state index in [-0.39, 0.29) is 22.9 Å². The Kier molecular flexibility index (Phi) is 2.85. The molecule has 1 aromatic rings. The fraction of sp³-hybridized carbons (Fsp3) is 0.400. The third-order valence-electron chi connectivity index (χ3n) is 4.11. The van der Waals surface area contributed by atoms with Crippen molar-refractivity contribution in [3.8, 4) is 0 Å². The second-order valence-electron chi connectivity index (χ2n) is 5.60. The summed E-state index contributed by atoms with van der Waals surface area (Å²) in [7, 11) is 0. The highest BCUT2D eigenvalue weighted by Crippen LogP contribution is 2.38. The highest BCUT2D eigenvalue weighted by molar-refractivity contribution is 6.21. The standard InChI is InChI=1S/C15H15NO4/c1-8(9-2-3-9)7-16-13(17)11-5-4-10(15(19)20)6-12(11)14(16)18/h4-6,8-9H,2-3,7H2,1H3,(H,19,20). The van der Waals surface area contributed by atoms with Gasteiger partial charge in [0, 0.05) is 6.54 Å². The normalized spacial score (nSPS) is 19.1. The van der Waals surface area contributed by atoms with Crippen molar-refractivity contribution >= 4 is 17.8 Å². The molecule has 1 saturated carbocycles. The van der Waals surface area contributed by atoms with Crippen LogP contribution in [-0.2, 0) is 0 Å². The predicted octanol–water partition coefficient (Wildman–Crippen LogP) is 2.03. The molecule has 0 radical (unpaired) electrons. The van der Waals surface area contributed by atoms with Gasteiger partial charge in [-0.05, 0) is 42.9 Å². The average molecular weight is 273 g/mol. The summed E-state index contributed by atoms with van der Waals surface area (Å²) in [5.74, 6) is -0.877. The molecule has 2 aliphatic rings. The summed E-state index contributed by atoms with van der Waals surface area (Å²) in [5.41, 5.74) is 0.544. The number of carbonyl (C=O) groups is 3. The lowest BCUT2D eigenvalue weighted by atomic mass is 10.1. The Morgan fingerprint density at radius 1 is 1.30 bits per heavy atom. The Bertz CT molecular complexity index is 618. The van der Waals surface area contributed by atoms with Gasteiger partial charge in [-0.2, -0.15) is 0 Å². The largest absolute Gasteiger partial charge is 0.478 e. The smallest absolute Gasteiger partial charge is 0.335 e. The minimum Gasteiger partial charge on any atom is -0.478 e. The Morgan fingerprint density at radius 3 is 2.55 bits per heavy atom. The van der Waals surface area contributed by atoms with E-state index in [9.17, 15) is 14.4 Å². The van der Waals surface area contributed by atoms with Crippen molar-refractivity contribution in [1.29, 1.82) is 0 Å². The number of carbonyl (C=O) groups excluding carboxylic acids is 2. The van der Waals surface area contributed by atoms with Crippen molar-refractivity contribution in [2.45, 2.75) is 19.8 Å². The number of aromatic carboxylic acids is 1. The third kappa shape index (κ3) is 1.99. The molecule has 5 nitrogen and oxygen atoms in total. The van der Waals surface area contributed by atoms with Crippen molar-refractivity contribution in [2.24, 2.45) is 11.8 Å². The minimum atomic E-state index is -1.10. The van der Waals surface area contributed by atoms with E-state index < -0.39 is 5.97 Å². The van der Waals surface area contributed by atoms with Crippen LogP contribution in [0.15, 0.2) is 18.2 Å². The molecule has 3 rings (SSSR count). The van der Waals surface area contributed by atoms with Crippen LogP contribution < -0.4 is 0 Å². The Balaban J connectivity index is 1.88. The molecule has 1 aliphatic heterocycles. The summed E-state index contributed by atoms with van der Waals surface area (Å²) < 4.78 is 0. The zero-order valence-corrected chi connectivity index (χ0v) is 11.1. The lowest BCUT2D eigenvalue weighted by molar-refractivity contribution is 0.0626. The van der Waals surface area contributed by atoms with Crippen molar-refractivity contribution in [3.63, 3.8) is 0 Å². The SMILES string of the molecule is CC(CN1C(=O)c2ccc(C(=O)O)cc2C1=O)C1CC1. The van der Waals surface area contributed by atoms with E-state index in [1.807, 2.05) is 6.92 Å². The fourth-order valence-electron chi connectivity index (χ4n) is 2.69. The highest BCUT2D eigenvalue weighted by atomic mass is 16.4. The maximum absolute atomic E-state index is 12.3. The van der Waals surface area contributed by atoms with Crippen molar-refractivity contribution in [1.82, 2.24) is 4.90 Å². The molecule has 1 atom stereocenters. The summed E-state index contributed by atoms with van der Waals surface area (Å²) in [6, 6.07) is 4.08. The fourth-order valence-corrected chi connectivity index (χ4v) is 2.69. The summed E-state index contributed by atoms with van der Waals surface area (Å²) in [6.07, 6.45) is 2.32. The maximum atomic E-state index is 12.3. The molecule has 104 valence electrons. The first-order valence-electron chi connectivity index (χ1n) is 6.72. The molecule has 1 heterocycles. The van der Waals surface area contributed by atoms with Gasteiger partial charge in [-0.1, -0.05) is 6.92 Å². The van der Waals surface area contributed by atoms with Crippen molar-refractivity contribution in [2.75, 3.05) is 6.54 Å². The van der Waals surface area contributed by atoms with Gasteiger partial charge in [-0.15, -0.1) is 0 Å². The first kappa shape index (κ1) is 12.8. The number of carboxylic acid groups (broad SMARTS) is 1. The first-order valence-corrected chi connectivity index (χ1v) is 6.72. The van der Waals surface area contributed by atoms with Crippen molar-refractivity contribution < 1.29 is 19.5 Å². The van der Waals surface area contributed by atoms with Crippen LogP contribution in [0.4, 0.5) is 0 Å². The van der Waals surface area contributed by atoms with Crippen LogP contribution >= 0.6 is 0 Å². The van der Waals surface area contributed by atoms with Gasteiger partial charge < -0.3 is 5.11 Å². The van der Waals surface area contributed by atoms with Gasteiger partial charge in [0.05, 0.1) is 16.7 Å². The van der Waals surface area contributed by atoms with E-state index in [1.165, 1.54) is 23.1 Å². The van der Waals surface area contributed by atoms with Gasteiger partial charge in [-0.3, -0.25) is 14.5 Å². The predicted molar refractivity (Wildman–Crippen MR) is 70.7 cm³/mol. The summed E-state index contributed by atoms with van der Waals surface area (Å²) >= 11 is 0. The van der Waals surface area contributed by atoms with Crippen molar-refractivity contribution in [3.05, 3.63) is 34.9 Å². The van der Waals surface area contributed by atoms with E-state index in [0.29, 0.717) is 23.9 Å². The lowest BCUT2D eigenvalue weighted by Gasteiger charge is -2.18. The molecular weight excluding hydrogens is 258 g/mol. The molecule has 0 spiro atoms. The van der Waals surface area contributed by atoms with Gasteiger partial charge in [-0.25, -0.2) is 4.79 Å². The van der Waals surface area contributed by atoms with E-state index in [1.54, 1.807) is 0 Å². The molecule has 1 aromatic carbocycles. The number of hydrogen-bond donors (Lipinski definition) is 1. The van der Waals surface area contributed by atoms with E-state index >= 15 is 0 Å². The second kappa shape index (κ2) is 4.44. The van der Waals surface area contributed by atoms with Crippen LogP contribution in [-0.4, -0.2) is 34.3 Å². The number of imide groups is 1. The summed E-state index contributed by atoms with van der Waals surface area (Å²) in [6.45, 7) is 2.46. The topological polar surface area (TPSA) is 74.7 Å². The molecule has 1 aliphatic carbocycles. The number of carboxylic acids is 1. The average Bonchev–Trinajstić information content (AvgIpc) is 3.23. The molecule has 1 fully saturated rings. The van der Waals surface area contributed by atoms with Gasteiger partial charge in [0.2, 0.25) is 0 Å². The zero-order valence-electron chi connectivity index (χ0n) is 11.1. The Hall–Kier alpha value is -2.17. The van der Waals surface area contributed by atoms with E-state index in [0.717, 1.165) is 12.8 Å². The highest BCUT2D eigenvalue weighted by Gasteiger charge is 2.39. The van der Waals surface area contributed by atoms with Gasteiger partial charge in [0.25, 0.3) is 11.8 Å². The van der Waals surface area contributed by atoms with Crippen LogP contribution in [0.1, 0.15) is 50.8 Å². The summed E-state index contributed by atoms with van der Waals surface area (Å²) in [5, 5.41) is 8.95. The van der Waals surface area contributed by atoms with E-state index in [2.05, 4.69) is 0 Å². The molecule has 20 heavy (non-hydrogen) atoms. The van der Waals surface area contributed by atoms with Crippen LogP contribution in [0.2, 0.25) is 0 Å². The molecule has 0 aromatic heterocycles. The molecule has 1 unspecified atom stereocenters. The molecule has 0 bridgehead atoms. The quantitative estimate of drug-likeness (QED) is 0.852. The molecular formula is C15H15NO4. The molecule has 1 N–H and O–H groups in total. The molecule has 5 heteroatoms.